The molecule has 6 rings (SSSR count). The first-order valence-corrected chi connectivity index (χ1v) is 9.24. The average molecular weight is 347 g/mol. The summed E-state index contributed by atoms with van der Waals surface area (Å²) in [6, 6.07) is 26.1. The molecule has 0 aromatic heterocycles. The van der Waals surface area contributed by atoms with Gasteiger partial charge in [0.25, 0.3) is 0 Å². The standard InChI is InChI=1S/C24H17N3/c1-26-22-11-18-9-16-4-2-3-5-17(16)10-19(18)12-23(22)27-21-7-6-15(14-25)8-20(21)13-24(26)27/h2-12,24H,13H2,1H3. The molecule has 0 amide bonds. The van der Waals surface area contributed by atoms with Crippen LogP contribution in [0.3, 0.4) is 0 Å². The number of anilines is 3. The van der Waals surface area contributed by atoms with E-state index in [2.05, 4.69) is 77.5 Å². The third kappa shape index (κ3) is 1.90. The van der Waals surface area contributed by atoms with E-state index < -0.39 is 0 Å². The van der Waals surface area contributed by atoms with Crippen molar-refractivity contribution in [1.82, 2.24) is 0 Å². The number of nitrogens with zero attached hydrogens (tertiary/aromatic N) is 3. The first kappa shape index (κ1) is 14.6. The van der Waals surface area contributed by atoms with E-state index in [0.29, 0.717) is 0 Å². The smallest absolute Gasteiger partial charge is 0.110 e. The van der Waals surface area contributed by atoms with Gasteiger partial charge in [0.15, 0.2) is 0 Å². The molecule has 4 aromatic rings. The van der Waals surface area contributed by atoms with Gasteiger partial charge < -0.3 is 9.80 Å². The van der Waals surface area contributed by atoms with E-state index >= 15 is 0 Å². The van der Waals surface area contributed by atoms with E-state index in [1.165, 1.54) is 44.2 Å². The topological polar surface area (TPSA) is 30.3 Å². The largest absolute Gasteiger partial charge is 0.352 e. The summed E-state index contributed by atoms with van der Waals surface area (Å²) >= 11 is 0. The summed E-state index contributed by atoms with van der Waals surface area (Å²) in [6.45, 7) is 0. The minimum Gasteiger partial charge on any atom is -0.352 e. The Hall–Kier alpha value is -3.51. The van der Waals surface area contributed by atoms with Crippen LogP contribution in [-0.4, -0.2) is 13.2 Å². The van der Waals surface area contributed by atoms with Gasteiger partial charge in [-0.05, 0) is 69.6 Å². The maximum Gasteiger partial charge on any atom is 0.110 e. The highest BCUT2D eigenvalue weighted by Crippen LogP contribution is 2.51. The number of nitriles is 1. The molecule has 2 aliphatic rings. The van der Waals surface area contributed by atoms with Gasteiger partial charge in [-0.1, -0.05) is 24.3 Å². The van der Waals surface area contributed by atoms with E-state index in [-0.39, 0.29) is 6.17 Å². The highest BCUT2D eigenvalue weighted by molar-refractivity contribution is 6.04. The van der Waals surface area contributed by atoms with Crippen molar-refractivity contribution >= 4 is 38.6 Å². The van der Waals surface area contributed by atoms with Crippen LogP contribution in [0.4, 0.5) is 17.1 Å². The van der Waals surface area contributed by atoms with Gasteiger partial charge in [-0.15, -0.1) is 0 Å². The molecular formula is C24H17N3. The van der Waals surface area contributed by atoms with Crippen molar-refractivity contribution in [2.24, 2.45) is 0 Å². The van der Waals surface area contributed by atoms with Crippen LogP contribution in [0.5, 0.6) is 0 Å². The molecule has 0 saturated carbocycles. The lowest BCUT2D eigenvalue weighted by Crippen LogP contribution is -2.35. The Kier molecular flexibility index (Phi) is 2.72. The maximum absolute atomic E-state index is 9.21. The Morgan fingerprint density at radius 2 is 1.52 bits per heavy atom. The summed E-state index contributed by atoms with van der Waals surface area (Å²) in [5.74, 6) is 0. The molecule has 0 radical (unpaired) electrons. The van der Waals surface area contributed by atoms with E-state index in [1.807, 2.05) is 12.1 Å². The number of rotatable bonds is 0. The van der Waals surface area contributed by atoms with Crippen molar-refractivity contribution in [1.29, 1.82) is 5.26 Å². The van der Waals surface area contributed by atoms with Gasteiger partial charge in [0.1, 0.15) is 6.17 Å². The Balaban J connectivity index is 1.59. The molecule has 0 fully saturated rings. The molecule has 1 unspecified atom stereocenters. The molecule has 27 heavy (non-hydrogen) atoms. The molecule has 0 bridgehead atoms. The van der Waals surface area contributed by atoms with Crippen LogP contribution in [0.1, 0.15) is 11.1 Å². The summed E-state index contributed by atoms with van der Waals surface area (Å²) in [5, 5.41) is 14.3. The van der Waals surface area contributed by atoms with E-state index in [9.17, 15) is 5.26 Å². The van der Waals surface area contributed by atoms with Crippen LogP contribution >= 0.6 is 0 Å². The lowest BCUT2D eigenvalue weighted by molar-refractivity contribution is 0.704. The normalized spacial score (nSPS) is 17.1. The van der Waals surface area contributed by atoms with Crippen molar-refractivity contribution in [3.8, 4) is 6.07 Å². The molecule has 2 aliphatic heterocycles. The summed E-state index contributed by atoms with van der Waals surface area (Å²) in [4.78, 5) is 4.80. The van der Waals surface area contributed by atoms with E-state index in [4.69, 9.17) is 0 Å². The molecule has 0 spiro atoms. The summed E-state index contributed by atoms with van der Waals surface area (Å²) in [6.07, 6.45) is 1.23. The van der Waals surface area contributed by atoms with Gasteiger partial charge >= 0.3 is 0 Å². The molecule has 2 heterocycles. The zero-order valence-electron chi connectivity index (χ0n) is 15.0. The fourth-order valence-corrected chi connectivity index (χ4v) is 4.71. The number of hydrogen-bond donors (Lipinski definition) is 0. The van der Waals surface area contributed by atoms with Gasteiger partial charge in [-0.2, -0.15) is 5.26 Å². The van der Waals surface area contributed by atoms with Gasteiger partial charge in [0.2, 0.25) is 0 Å². The minimum absolute atomic E-state index is 0.287. The predicted octanol–water partition coefficient (Wildman–Crippen LogP) is 5.33. The summed E-state index contributed by atoms with van der Waals surface area (Å²) in [5.41, 5.74) is 5.76. The third-order valence-corrected chi connectivity index (χ3v) is 6.05. The SMILES string of the molecule is CN1c2cc3cc4ccccc4cc3cc2N2c3ccc(C#N)cc3CC12. The molecule has 1 atom stereocenters. The molecule has 0 saturated heterocycles. The Labute approximate surface area is 157 Å². The van der Waals surface area contributed by atoms with Crippen LogP contribution in [0.25, 0.3) is 21.5 Å². The van der Waals surface area contributed by atoms with Crippen LogP contribution in [0.2, 0.25) is 0 Å². The summed E-state index contributed by atoms with van der Waals surface area (Å²) in [7, 11) is 2.17. The second-order valence-corrected chi connectivity index (χ2v) is 7.51. The summed E-state index contributed by atoms with van der Waals surface area (Å²) < 4.78 is 0. The lowest BCUT2D eigenvalue weighted by Gasteiger charge is -2.23. The van der Waals surface area contributed by atoms with Gasteiger partial charge in [-0.25, -0.2) is 0 Å². The van der Waals surface area contributed by atoms with Crippen molar-refractivity contribution in [3.63, 3.8) is 0 Å². The number of benzene rings is 4. The molecular weight excluding hydrogens is 330 g/mol. The number of hydrogen-bond acceptors (Lipinski definition) is 3. The van der Waals surface area contributed by atoms with Crippen molar-refractivity contribution in [2.45, 2.75) is 12.6 Å². The Bertz CT molecular complexity index is 1300. The van der Waals surface area contributed by atoms with Crippen LogP contribution < -0.4 is 9.80 Å². The van der Waals surface area contributed by atoms with E-state index in [0.717, 1.165) is 12.0 Å². The van der Waals surface area contributed by atoms with E-state index in [1.54, 1.807) is 0 Å². The van der Waals surface area contributed by atoms with Crippen molar-refractivity contribution in [3.05, 3.63) is 77.9 Å². The second-order valence-electron chi connectivity index (χ2n) is 7.51. The minimum atomic E-state index is 0.287. The quantitative estimate of drug-likeness (QED) is 0.403. The first-order chi connectivity index (χ1) is 13.2. The van der Waals surface area contributed by atoms with Crippen LogP contribution in [-0.2, 0) is 6.42 Å². The lowest BCUT2D eigenvalue weighted by atomic mass is 10.0. The van der Waals surface area contributed by atoms with Crippen LogP contribution in [0.15, 0.2) is 66.7 Å². The maximum atomic E-state index is 9.21. The molecule has 4 aromatic carbocycles. The molecule has 0 aliphatic carbocycles. The monoisotopic (exact) mass is 347 g/mol. The zero-order chi connectivity index (χ0) is 18.1. The fraction of sp³-hybridized carbons (Fsp3) is 0.125. The Morgan fingerprint density at radius 3 is 2.22 bits per heavy atom. The molecule has 3 nitrogen and oxygen atoms in total. The first-order valence-electron chi connectivity index (χ1n) is 9.24. The molecule has 3 heteroatoms. The highest BCUT2D eigenvalue weighted by atomic mass is 15.4. The third-order valence-electron chi connectivity index (χ3n) is 6.05. The van der Waals surface area contributed by atoms with Gasteiger partial charge in [0, 0.05) is 19.2 Å². The predicted molar refractivity (Wildman–Crippen MR) is 111 cm³/mol. The number of fused-ring (bicyclic) bond motifs is 7. The number of likely N-dealkylation sites (N-methyl/N-ethyl adjacent to an activating group) is 1. The Morgan fingerprint density at radius 1 is 0.815 bits per heavy atom. The second kappa shape index (κ2) is 5.02. The van der Waals surface area contributed by atoms with Crippen LogP contribution in [0, 0.1) is 11.3 Å². The van der Waals surface area contributed by atoms with Gasteiger partial charge in [-0.3, -0.25) is 0 Å². The molecule has 0 N–H and O–H groups in total. The fourth-order valence-electron chi connectivity index (χ4n) is 4.71. The average Bonchev–Trinajstić information content (AvgIpc) is 3.20. The van der Waals surface area contributed by atoms with Gasteiger partial charge in [0.05, 0.1) is 23.0 Å². The van der Waals surface area contributed by atoms with Crippen molar-refractivity contribution in [2.75, 3.05) is 16.8 Å². The highest BCUT2D eigenvalue weighted by Gasteiger charge is 2.40. The zero-order valence-corrected chi connectivity index (χ0v) is 15.0. The van der Waals surface area contributed by atoms with Crippen molar-refractivity contribution < 1.29 is 0 Å². The molecule has 128 valence electrons.